The van der Waals surface area contributed by atoms with Crippen molar-refractivity contribution in [3.05, 3.63) is 48.2 Å². The van der Waals surface area contributed by atoms with Crippen molar-refractivity contribution in [1.29, 1.82) is 0 Å². The van der Waals surface area contributed by atoms with E-state index in [1.54, 1.807) is 24.5 Å². The fourth-order valence-electron chi connectivity index (χ4n) is 1.50. The van der Waals surface area contributed by atoms with Crippen molar-refractivity contribution in [2.75, 3.05) is 5.73 Å². The first-order valence-corrected chi connectivity index (χ1v) is 5.22. The lowest BCUT2D eigenvalue weighted by atomic mass is 10.2. The van der Waals surface area contributed by atoms with Crippen LogP contribution in [-0.4, -0.2) is 10.9 Å². The van der Waals surface area contributed by atoms with Crippen LogP contribution in [0.2, 0.25) is 0 Å². The van der Waals surface area contributed by atoms with E-state index in [4.69, 9.17) is 10.2 Å². The van der Waals surface area contributed by atoms with Crippen LogP contribution in [0.5, 0.6) is 0 Å². The molecule has 17 heavy (non-hydrogen) atoms. The quantitative estimate of drug-likeness (QED) is 0.843. The molecule has 0 radical (unpaired) electrons. The number of hydrogen-bond acceptors (Lipinski definition) is 4. The van der Waals surface area contributed by atoms with Gasteiger partial charge < -0.3 is 15.5 Å². The molecular weight excluding hydrogens is 218 g/mol. The number of hydrogen-bond donors (Lipinski definition) is 2. The van der Waals surface area contributed by atoms with Gasteiger partial charge in [0.15, 0.2) is 0 Å². The van der Waals surface area contributed by atoms with Gasteiger partial charge in [-0.05, 0) is 25.1 Å². The van der Waals surface area contributed by atoms with E-state index in [0.29, 0.717) is 17.0 Å². The number of nitrogens with one attached hydrogen (secondary N) is 1. The van der Waals surface area contributed by atoms with Crippen LogP contribution in [-0.2, 0) is 0 Å². The fraction of sp³-hybridized carbons (Fsp3) is 0.167. The van der Waals surface area contributed by atoms with Crippen LogP contribution in [0.25, 0.3) is 0 Å². The van der Waals surface area contributed by atoms with Gasteiger partial charge >= 0.3 is 0 Å². The molecule has 5 nitrogen and oxygen atoms in total. The fourth-order valence-corrected chi connectivity index (χ4v) is 1.50. The average molecular weight is 231 g/mol. The molecule has 2 rings (SSSR count). The van der Waals surface area contributed by atoms with Gasteiger partial charge in [0.1, 0.15) is 5.76 Å². The Labute approximate surface area is 98.6 Å². The number of anilines is 1. The van der Waals surface area contributed by atoms with Crippen molar-refractivity contribution in [1.82, 2.24) is 10.3 Å². The summed E-state index contributed by atoms with van der Waals surface area (Å²) >= 11 is 0. The first-order valence-electron chi connectivity index (χ1n) is 5.22. The highest BCUT2D eigenvalue weighted by molar-refractivity contribution is 5.98. The van der Waals surface area contributed by atoms with Gasteiger partial charge in [-0.1, -0.05) is 0 Å². The third kappa shape index (κ3) is 2.44. The molecule has 1 amide bonds. The largest absolute Gasteiger partial charge is 0.467 e. The van der Waals surface area contributed by atoms with Crippen LogP contribution in [0.3, 0.4) is 0 Å². The van der Waals surface area contributed by atoms with Gasteiger partial charge in [0.05, 0.1) is 29.8 Å². The SMILES string of the molecule is CC(NC(=O)c1ccncc1N)c1ccco1. The van der Waals surface area contributed by atoms with Crippen molar-refractivity contribution < 1.29 is 9.21 Å². The van der Waals surface area contributed by atoms with Crippen LogP contribution in [0.1, 0.15) is 29.1 Å². The normalized spacial score (nSPS) is 12.1. The Morgan fingerprint density at radius 3 is 3.00 bits per heavy atom. The summed E-state index contributed by atoms with van der Waals surface area (Å²) in [5.41, 5.74) is 6.44. The summed E-state index contributed by atoms with van der Waals surface area (Å²) in [5, 5.41) is 2.80. The molecule has 0 spiro atoms. The van der Waals surface area contributed by atoms with Gasteiger partial charge in [0.2, 0.25) is 0 Å². The summed E-state index contributed by atoms with van der Waals surface area (Å²) < 4.78 is 5.20. The molecule has 0 saturated heterocycles. The smallest absolute Gasteiger partial charge is 0.254 e. The molecule has 0 aliphatic rings. The van der Waals surface area contributed by atoms with Gasteiger partial charge in [-0.15, -0.1) is 0 Å². The molecular formula is C12H13N3O2. The van der Waals surface area contributed by atoms with Crippen LogP contribution < -0.4 is 11.1 Å². The van der Waals surface area contributed by atoms with Gasteiger partial charge in [-0.2, -0.15) is 0 Å². The summed E-state index contributed by atoms with van der Waals surface area (Å²) in [6, 6.07) is 4.96. The Morgan fingerprint density at radius 2 is 2.35 bits per heavy atom. The van der Waals surface area contributed by atoms with Crippen molar-refractivity contribution in [3.8, 4) is 0 Å². The average Bonchev–Trinajstić information content (AvgIpc) is 2.82. The number of nitrogens with two attached hydrogens (primary N) is 1. The van der Waals surface area contributed by atoms with Crippen LogP contribution in [0, 0.1) is 0 Å². The first kappa shape index (κ1) is 11.2. The molecule has 2 aromatic rings. The highest BCUT2D eigenvalue weighted by Crippen LogP contribution is 2.15. The maximum absolute atomic E-state index is 11.9. The maximum atomic E-state index is 11.9. The Morgan fingerprint density at radius 1 is 1.53 bits per heavy atom. The zero-order valence-electron chi connectivity index (χ0n) is 9.38. The lowest BCUT2D eigenvalue weighted by Crippen LogP contribution is -2.27. The molecule has 88 valence electrons. The number of nitrogens with zero attached hydrogens (tertiary/aromatic N) is 1. The highest BCUT2D eigenvalue weighted by Gasteiger charge is 2.14. The van der Waals surface area contributed by atoms with Crippen LogP contribution in [0.4, 0.5) is 5.69 Å². The van der Waals surface area contributed by atoms with Crippen LogP contribution in [0.15, 0.2) is 41.3 Å². The van der Waals surface area contributed by atoms with Gasteiger partial charge in [-0.3, -0.25) is 9.78 Å². The molecule has 2 heterocycles. The second-order valence-electron chi connectivity index (χ2n) is 3.67. The van der Waals surface area contributed by atoms with E-state index < -0.39 is 0 Å². The predicted octanol–water partition coefficient (Wildman–Crippen LogP) is 1.75. The van der Waals surface area contributed by atoms with Crippen molar-refractivity contribution >= 4 is 11.6 Å². The monoisotopic (exact) mass is 231 g/mol. The minimum atomic E-state index is -0.242. The van der Waals surface area contributed by atoms with Gasteiger partial charge in [-0.25, -0.2) is 0 Å². The van der Waals surface area contributed by atoms with E-state index in [1.807, 2.05) is 6.92 Å². The first-order chi connectivity index (χ1) is 8.18. The van der Waals surface area contributed by atoms with Gasteiger partial charge in [0.25, 0.3) is 5.91 Å². The minimum Gasteiger partial charge on any atom is -0.467 e. The Bertz CT molecular complexity index is 508. The number of carbonyl (C=O) groups is 1. The predicted molar refractivity (Wildman–Crippen MR) is 63.2 cm³/mol. The molecule has 0 saturated carbocycles. The summed E-state index contributed by atoms with van der Waals surface area (Å²) in [7, 11) is 0. The van der Waals surface area contributed by atoms with Crippen molar-refractivity contribution in [3.63, 3.8) is 0 Å². The molecule has 0 aliphatic heterocycles. The second-order valence-corrected chi connectivity index (χ2v) is 3.67. The summed E-state index contributed by atoms with van der Waals surface area (Å²) in [4.78, 5) is 15.7. The molecule has 2 aromatic heterocycles. The number of amides is 1. The molecule has 1 atom stereocenters. The molecule has 0 aromatic carbocycles. The summed E-state index contributed by atoms with van der Waals surface area (Å²) in [6.45, 7) is 1.84. The van der Waals surface area contributed by atoms with E-state index in [-0.39, 0.29) is 11.9 Å². The standard InChI is InChI=1S/C12H13N3O2/c1-8(11-3-2-6-17-11)15-12(16)9-4-5-14-7-10(9)13/h2-8H,13H2,1H3,(H,15,16). The molecule has 0 aliphatic carbocycles. The third-order valence-corrected chi connectivity index (χ3v) is 2.41. The van der Waals surface area contributed by atoms with Gasteiger partial charge in [0, 0.05) is 6.20 Å². The maximum Gasteiger partial charge on any atom is 0.254 e. The second kappa shape index (κ2) is 4.69. The van der Waals surface area contributed by atoms with Crippen molar-refractivity contribution in [2.24, 2.45) is 0 Å². The number of pyridine rings is 1. The summed E-state index contributed by atoms with van der Waals surface area (Å²) in [5.74, 6) is 0.458. The van der Waals surface area contributed by atoms with E-state index in [1.165, 1.54) is 12.4 Å². The van der Waals surface area contributed by atoms with E-state index in [0.717, 1.165) is 0 Å². The number of furan rings is 1. The van der Waals surface area contributed by atoms with E-state index in [2.05, 4.69) is 10.3 Å². The van der Waals surface area contributed by atoms with E-state index >= 15 is 0 Å². The number of carbonyl (C=O) groups excluding carboxylic acids is 1. The number of aromatic nitrogens is 1. The zero-order valence-corrected chi connectivity index (χ0v) is 9.38. The number of rotatable bonds is 3. The van der Waals surface area contributed by atoms with Crippen LogP contribution >= 0.6 is 0 Å². The van der Waals surface area contributed by atoms with Crippen molar-refractivity contribution in [2.45, 2.75) is 13.0 Å². The molecule has 0 bridgehead atoms. The lowest BCUT2D eigenvalue weighted by Gasteiger charge is -2.12. The molecule has 0 fully saturated rings. The summed E-state index contributed by atoms with van der Waals surface area (Å²) in [6.07, 6.45) is 4.55. The Balaban J connectivity index is 2.10. The number of nitrogen functional groups attached to an aromatic ring is 1. The third-order valence-electron chi connectivity index (χ3n) is 2.41. The minimum absolute atomic E-state index is 0.204. The Kier molecular flexibility index (Phi) is 3.09. The molecule has 5 heteroatoms. The highest BCUT2D eigenvalue weighted by atomic mass is 16.3. The lowest BCUT2D eigenvalue weighted by molar-refractivity contribution is 0.0936. The topological polar surface area (TPSA) is 81.2 Å². The molecule has 1 unspecified atom stereocenters. The zero-order chi connectivity index (χ0) is 12.3. The molecule has 3 N–H and O–H groups in total. The Hall–Kier alpha value is -2.30. The van der Waals surface area contributed by atoms with E-state index in [9.17, 15) is 4.79 Å².